The first-order chi connectivity index (χ1) is 16.3. The second kappa shape index (κ2) is 11.5. The summed E-state index contributed by atoms with van der Waals surface area (Å²) in [7, 11) is 1.66. The zero-order chi connectivity index (χ0) is 24.8. The molecule has 3 unspecified atom stereocenters. The van der Waals surface area contributed by atoms with Crippen LogP contribution in [-0.2, 0) is 0 Å². The van der Waals surface area contributed by atoms with E-state index in [1.54, 1.807) is 7.11 Å². The third-order valence-electron chi connectivity index (χ3n) is 7.36. The second-order valence-electron chi connectivity index (χ2n) is 9.60. The molecule has 0 aromatic carbocycles. The van der Waals surface area contributed by atoms with E-state index >= 15 is 0 Å². The number of anilines is 1. The first-order valence-electron chi connectivity index (χ1n) is 12.4. The summed E-state index contributed by atoms with van der Waals surface area (Å²) in [6, 6.07) is 4.12. The average molecular weight is 461 g/mol. The molecule has 3 atom stereocenters. The first-order valence-corrected chi connectivity index (χ1v) is 12.4. The lowest BCUT2D eigenvalue weighted by Crippen LogP contribution is -2.30. The number of aromatic nitrogens is 1. The zero-order valence-corrected chi connectivity index (χ0v) is 21.6. The number of ether oxygens (including phenoxy) is 1. The van der Waals surface area contributed by atoms with Crippen molar-refractivity contribution >= 4 is 22.7 Å². The maximum atomic E-state index is 8.71. The summed E-state index contributed by atoms with van der Waals surface area (Å²) < 4.78 is 5.66. The Kier molecular flexibility index (Phi) is 8.65. The Morgan fingerprint density at radius 1 is 1.32 bits per heavy atom. The van der Waals surface area contributed by atoms with Crippen LogP contribution in [0.1, 0.15) is 72.4 Å². The van der Waals surface area contributed by atoms with E-state index in [-0.39, 0.29) is 11.8 Å². The van der Waals surface area contributed by atoms with Crippen LogP contribution in [0.5, 0.6) is 5.88 Å². The molecule has 1 fully saturated rings. The molecule has 0 amide bonds. The van der Waals surface area contributed by atoms with E-state index in [9.17, 15) is 0 Å². The Morgan fingerprint density at radius 3 is 2.74 bits per heavy atom. The van der Waals surface area contributed by atoms with Gasteiger partial charge in [-0.3, -0.25) is 0 Å². The lowest BCUT2D eigenvalue weighted by atomic mass is 9.78. The molecule has 2 aliphatic rings. The lowest BCUT2D eigenvalue weighted by Gasteiger charge is -2.27. The largest absolute Gasteiger partial charge is 0.479 e. The maximum absolute atomic E-state index is 8.71. The molecular formula is C29H40N4O. The van der Waals surface area contributed by atoms with Crippen molar-refractivity contribution in [3.05, 3.63) is 59.6 Å². The van der Waals surface area contributed by atoms with E-state index in [1.165, 1.54) is 11.1 Å². The molecule has 182 valence electrons. The van der Waals surface area contributed by atoms with Gasteiger partial charge in [-0.25, -0.2) is 4.98 Å². The van der Waals surface area contributed by atoms with Crippen LogP contribution in [-0.4, -0.2) is 23.5 Å². The molecule has 1 saturated carbocycles. The molecule has 34 heavy (non-hydrogen) atoms. The van der Waals surface area contributed by atoms with Gasteiger partial charge in [0.2, 0.25) is 5.88 Å². The molecule has 3 rings (SSSR count). The Bertz CT molecular complexity index is 1050. The fraction of sp³-hybridized carbons (Fsp3) is 0.483. The van der Waals surface area contributed by atoms with E-state index in [2.05, 4.69) is 75.4 Å². The van der Waals surface area contributed by atoms with Crippen LogP contribution in [0.2, 0.25) is 0 Å². The lowest BCUT2D eigenvalue weighted by molar-refractivity contribution is 0.398. The van der Waals surface area contributed by atoms with E-state index in [0.717, 1.165) is 54.8 Å². The van der Waals surface area contributed by atoms with Crippen molar-refractivity contribution in [3.63, 3.8) is 0 Å². The van der Waals surface area contributed by atoms with Gasteiger partial charge in [0.1, 0.15) is 5.69 Å². The van der Waals surface area contributed by atoms with Gasteiger partial charge >= 0.3 is 0 Å². The summed E-state index contributed by atoms with van der Waals surface area (Å²) in [5, 5.41) is 17.0. The first kappa shape index (κ1) is 25.7. The van der Waals surface area contributed by atoms with Gasteiger partial charge < -0.3 is 20.5 Å². The van der Waals surface area contributed by atoms with Gasteiger partial charge in [-0.15, -0.1) is 0 Å². The summed E-state index contributed by atoms with van der Waals surface area (Å²) in [6.45, 7) is 10.6. The van der Waals surface area contributed by atoms with Crippen LogP contribution in [0.25, 0.3) is 5.57 Å². The summed E-state index contributed by atoms with van der Waals surface area (Å²) in [5.74, 6) is 1.12. The van der Waals surface area contributed by atoms with Gasteiger partial charge in [0.05, 0.1) is 12.8 Å². The zero-order valence-electron chi connectivity index (χ0n) is 21.6. The van der Waals surface area contributed by atoms with Crippen molar-refractivity contribution < 1.29 is 4.74 Å². The maximum Gasteiger partial charge on any atom is 0.238 e. The quantitative estimate of drug-likeness (QED) is 0.310. The molecule has 0 saturated heterocycles. The standard InChI is InChI=1S/C29H40N4O/c1-7-23(13-12-20(3)22(5)28(31)24-10-8-9-11-25(24)30)26-14-15-27(29(32-26)34-6)33-17-16-19(2)21(4)18-33/h7,12,14-19,22,24,30-31H,8-11,13H2,1-6H3. The minimum absolute atomic E-state index is 0.0243. The van der Waals surface area contributed by atoms with E-state index in [4.69, 9.17) is 20.5 Å². The molecule has 5 nitrogen and oxygen atoms in total. The van der Waals surface area contributed by atoms with Crippen molar-refractivity contribution in [3.8, 4) is 5.88 Å². The van der Waals surface area contributed by atoms with Crippen molar-refractivity contribution in [1.29, 1.82) is 10.8 Å². The Labute approximate surface area is 205 Å². The Hall–Kier alpha value is -2.95. The van der Waals surface area contributed by atoms with E-state index in [1.807, 2.05) is 6.92 Å². The van der Waals surface area contributed by atoms with Crippen molar-refractivity contribution in [2.45, 2.75) is 66.7 Å². The number of methoxy groups -OCH3 is 1. The number of pyridine rings is 1. The summed E-state index contributed by atoms with van der Waals surface area (Å²) >= 11 is 0. The highest BCUT2D eigenvalue weighted by molar-refractivity contribution is 6.06. The van der Waals surface area contributed by atoms with Crippen LogP contribution in [0.3, 0.4) is 0 Å². The average Bonchev–Trinajstić information content (AvgIpc) is 2.85. The third kappa shape index (κ3) is 5.75. The van der Waals surface area contributed by atoms with Gasteiger partial charge in [-0.2, -0.15) is 0 Å². The van der Waals surface area contributed by atoms with Crippen LogP contribution in [0.15, 0.2) is 53.9 Å². The third-order valence-corrected chi connectivity index (χ3v) is 7.36. The molecule has 1 aliphatic carbocycles. The molecule has 2 N–H and O–H groups in total. The van der Waals surface area contributed by atoms with Crippen molar-refractivity contribution in [2.75, 3.05) is 12.0 Å². The number of hydrogen-bond acceptors (Lipinski definition) is 5. The smallest absolute Gasteiger partial charge is 0.238 e. The summed E-state index contributed by atoms with van der Waals surface area (Å²) in [5.41, 5.74) is 6.86. The predicted molar refractivity (Wildman–Crippen MR) is 144 cm³/mol. The van der Waals surface area contributed by atoms with Gasteiger partial charge in [-0.05, 0) is 70.1 Å². The van der Waals surface area contributed by atoms with Crippen molar-refractivity contribution in [1.82, 2.24) is 4.98 Å². The number of hydrogen-bond donors (Lipinski definition) is 2. The monoisotopic (exact) mass is 460 g/mol. The van der Waals surface area contributed by atoms with E-state index in [0.29, 0.717) is 17.5 Å². The van der Waals surface area contributed by atoms with Gasteiger partial charge in [-0.1, -0.05) is 49.6 Å². The number of nitrogens with zero attached hydrogens (tertiary/aromatic N) is 2. The normalized spacial score (nSPS) is 22.5. The molecular weight excluding hydrogens is 420 g/mol. The SMILES string of the molecule is CC=C(CC=C(C)C(C)C(=N)C1CCCCC1=N)c1ccc(N2C=CC(C)C(C)=C2)c(OC)n1. The highest BCUT2D eigenvalue weighted by atomic mass is 16.5. The van der Waals surface area contributed by atoms with Gasteiger partial charge in [0, 0.05) is 35.7 Å². The van der Waals surface area contributed by atoms with Crippen LogP contribution >= 0.6 is 0 Å². The highest BCUT2D eigenvalue weighted by Crippen LogP contribution is 2.33. The van der Waals surface area contributed by atoms with Crippen LogP contribution in [0, 0.1) is 28.6 Å². The predicted octanol–water partition coefficient (Wildman–Crippen LogP) is 7.57. The van der Waals surface area contributed by atoms with Gasteiger partial charge in [0.15, 0.2) is 0 Å². The van der Waals surface area contributed by atoms with Crippen LogP contribution < -0.4 is 9.64 Å². The molecule has 1 aromatic rings. The second-order valence-corrected chi connectivity index (χ2v) is 9.60. The Morgan fingerprint density at radius 2 is 2.09 bits per heavy atom. The topological polar surface area (TPSA) is 73.1 Å². The summed E-state index contributed by atoms with van der Waals surface area (Å²) in [6.07, 6.45) is 15.5. The molecule has 0 spiro atoms. The Balaban J connectivity index is 1.75. The van der Waals surface area contributed by atoms with Gasteiger partial charge in [0.25, 0.3) is 0 Å². The molecule has 5 heteroatoms. The minimum Gasteiger partial charge on any atom is -0.479 e. The van der Waals surface area contributed by atoms with E-state index < -0.39 is 0 Å². The number of allylic oxidation sites excluding steroid dienone is 6. The molecule has 0 bridgehead atoms. The van der Waals surface area contributed by atoms with Crippen LogP contribution in [0.4, 0.5) is 5.69 Å². The molecule has 2 heterocycles. The molecule has 0 radical (unpaired) electrons. The number of nitrogens with one attached hydrogen (secondary N) is 2. The highest BCUT2D eigenvalue weighted by Gasteiger charge is 2.27. The fourth-order valence-corrected chi connectivity index (χ4v) is 4.58. The molecule has 1 aliphatic heterocycles. The molecule has 1 aromatic heterocycles. The summed E-state index contributed by atoms with van der Waals surface area (Å²) in [4.78, 5) is 6.90. The fourth-order valence-electron chi connectivity index (χ4n) is 4.58. The number of rotatable bonds is 8. The minimum atomic E-state index is 0.0243. The van der Waals surface area contributed by atoms with Crippen molar-refractivity contribution in [2.24, 2.45) is 17.8 Å².